The van der Waals surface area contributed by atoms with Gasteiger partial charge in [-0.1, -0.05) is 15.9 Å². The predicted molar refractivity (Wildman–Crippen MR) is 72.9 cm³/mol. The zero-order chi connectivity index (χ0) is 13.0. The van der Waals surface area contributed by atoms with Gasteiger partial charge in [0.1, 0.15) is 5.69 Å². The van der Waals surface area contributed by atoms with Gasteiger partial charge >= 0.3 is 0 Å². The molecule has 0 aromatic heterocycles. The van der Waals surface area contributed by atoms with Gasteiger partial charge in [0, 0.05) is 23.7 Å². The molecule has 1 heterocycles. The van der Waals surface area contributed by atoms with Crippen molar-refractivity contribution in [3.63, 3.8) is 0 Å². The molecule has 1 aromatic rings. The second-order valence-corrected chi connectivity index (χ2v) is 5.20. The van der Waals surface area contributed by atoms with Crippen molar-refractivity contribution in [1.82, 2.24) is 0 Å². The van der Waals surface area contributed by atoms with Gasteiger partial charge in [-0.25, -0.2) is 0 Å². The topological polar surface area (TPSA) is 64.4 Å². The number of ether oxygens (including phenoxy) is 1. The largest absolute Gasteiger partial charge is 0.377 e. The van der Waals surface area contributed by atoms with Crippen LogP contribution in [0.25, 0.3) is 0 Å². The zero-order valence-electron chi connectivity index (χ0n) is 9.89. The van der Waals surface area contributed by atoms with E-state index < -0.39 is 0 Å². The summed E-state index contributed by atoms with van der Waals surface area (Å²) in [5.41, 5.74) is 0.623. The van der Waals surface area contributed by atoms with Crippen LogP contribution >= 0.6 is 15.9 Å². The number of nitrogens with zero attached hydrogens (tertiary/aromatic N) is 1. The van der Waals surface area contributed by atoms with E-state index in [1.54, 1.807) is 12.1 Å². The predicted octanol–water partition coefficient (Wildman–Crippen LogP) is 3.34. The molecule has 6 heteroatoms. The van der Waals surface area contributed by atoms with E-state index in [0.717, 1.165) is 25.9 Å². The Bertz CT molecular complexity index is 433. The summed E-state index contributed by atoms with van der Waals surface area (Å²) >= 11 is 3.24. The third kappa shape index (κ3) is 3.43. The van der Waals surface area contributed by atoms with E-state index >= 15 is 0 Å². The minimum absolute atomic E-state index is 0.0835. The first-order valence-corrected chi connectivity index (χ1v) is 6.75. The van der Waals surface area contributed by atoms with Gasteiger partial charge in [-0.15, -0.1) is 0 Å². The van der Waals surface area contributed by atoms with Crippen LogP contribution in [0.2, 0.25) is 0 Å². The molecule has 5 nitrogen and oxygen atoms in total. The summed E-state index contributed by atoms with van der Waals surface area (Å²) in [6, 6.07) is 5.01. The lowest BCUT2D eigenvalue weighted by molar-refractivity contribution is -0.384. The van der Waals surface area contributed by atoms with Crippen molar-refractivity contribution in [3.8, 4) is 0 Å². The number of benzene rings is 1. The van der Waals surface area contributed by atoms with Crippen molar-refractivity contribution < 1.29 is 9.66 Å². The molecule has 0 bridgehead atoms. The Hall–Kier alpha value is -1.14. The van der Waals surface area contributed by atoms with Crippen LogP contribution in [0.15, 0.2) is 22.7 Å². The number of halogens is 1. The maximum atomic E-state index is 10.9. The molecule has 1 aromatic carbocycles. The van der Waals surface area contributed by atoms with Gasteiger partial charge in [0.2, 0.25) is 0 Å². The summed E-state index contributed by atoms with van der Waals surface area (Å²) in [5, 5.41) is 14.0. The molecule has 1 N–H and O–H groups in total. The summed E-state index contributed by atoms with van der Waals surface area (Å²) in [6.45, 7) is 1.40. The lowest BCUT2D eigenvalue weighted by atomic mass is 10.1. The highest BCUT2D eigenvalue weighted by molar-refractivity contribution is 9.10. The molecule has 1 atom stereocenters. The molecule has 98 valence electrons. The zero-order valence-corrected chi connectivity index (χ0v) is 11.5. The van der Waals surface area contributed by atoms with Crippen LogP contribution in [-0.4, -0.2) is 24.2 Å². The molecule has 0 spiro atoms. The van der Waals surface area contributed by atoms with Crippen molar-refractivity contribution in [2.45, 2.75) is 25.4 Å². The van der Waals surface area contributed by atoms with Crippen LogP contribution < -0.4 is 5.32 Å². The van der Waals surface area contributed by atoms with Gasteiger partial charge in [-0.05, 0) is 31.4 Å². The van der Waals surface area contributed by atoms with Gasteiger partial charge in [0.25, 0.3) is 5.69 Å². The number of hydrogen-bond donors (Lipinski definition) is 1. The Labute approximate surface area is 114 Å². The molecule has 1 aliphatic rings. The Morgan fingerprint density at radius 1 is 1.50 bits per heavy atom. The molecule has 0 amide bonds. The number of nitrogens with one attached hydrogen (secondary N) is 1. The fraction of sp³-hybridized carbons (Fsp3) is 0.500. The molecule has 1 aliphatic heterocycles. The molecule has 0 radical (unpaired) electrons. The average Bonchev–Trinajstić information content (AvgIpc) is 2.38. The normalized spacial score (nSPS) is 19.5. The van der Waals surface area contributed by atoms with Gasteiger partial charge in [-0.2, -0.15) is 0 Å². The molecule has 18 heavy (non-hydrogen) atoms. The average molecular weight is 315 g/mol. The number of nitro benzene ring substituents is 1. The molecular weight excluding hydrogens is 300 g/mol. The van der Waals surface area contributed by atoms with E-state index in [0.29, 0.717) is 16.7 Å². The first-order valence-electron chi connectivity index (χ1n) is 5.96. The fourth-order valence-corrected chi connectivity index (χ4v) is 2.35. The van der Waals surface area contributed by atoms with Crippen LogP contribution in [-0.2, 0) is 4.74 Å². The Balaban J connectivity index is 2.01. The number of hydrogen-bond acceptors (Lipinski definition) is 4. The van der Waals surface area contributed by atoms with Crippen LogP contribution in [0.5, 0.6) is 0 Å². The summed E-state index contributed by atoms with van der Waals surface area (Å²) in [5.74, 6) is 0. The highest BCUT2D eigenvalue weighted by Gasteiger charge is 2.17. The third-order valence-electron chi connectivity index (χ3n) is 2.95. The second kappa shape index (κ2) is 6.15. The Morgan fingerprint density at radius 2 is 2.33 bits per heavy atom. The number of rotatable bonds is 4. The van der Waals surface area contributed by atoms with E-state index in [1.807, 2.05) is 0 Å². The first kappa shape index (κ1) is 13.3. The maximum absolute atomic E-state index is 10.9. The third-order valence-corrected chi connectivity index (χ3v) is 3.44. The van der Waals surface area contributed by atoms with Crippen molar-refractivity contribution >= 4 is 27.3 Å². The molecule has 1 unspecified atom stereocenters. The first-order chi connectivity index (χ1) is 8.66. The lowest BCUT2D eigenvalue weighted by Crippen LogP contribution is -2.27. The van der Waals surface area contributed by atoms with Crippen molar-refractivity contribution in [3.05, 3.63) is 32.8 Å². The molecular formula is C12H15BrN2O3. The summed E-state index contributed by atoms with van der Waals surface area (Å²) < 4.78 is 6.28. The van der Waals surface area contributed by atoms with E-state index in [-0.39, 0.29) is 16.7 Å². The molecule has 1 fully saturated rings. The summed E-state index contributed by atoms with van der Waals surface area (Å²) in [6.07, 6.45) is 3.43. The molecule has 1 saturated heterocycles. The maximum Gasteiger partial charge on any atom is 0.293 e. The van der Waals surface area contributed by atoms with Crippen LogP contribution in [0.3, 0.4) is 0 Å². The Morgan fingerprint density at radius 3 is 3.00 bits per heavy atom. The van der Waals surface area contributed by atoms with E-state index in [2.05, 4.69) is 21.2 Å². The minimum atomic E-state index is -0.380. The highest BCUT2D eigenvalue weighted by Crippen LogP contribution is 2.28. The Kier molecular flexibility index (Phi) is 4.54. The number of nitro groups is 1. The summed E-state index contributed by atoms with van der Waals surface area (Å²) in [4.78, 5) is 10.6. The van der Waals surface area contributed by atoms with Gasteiger partial charge in [0.15, 0.2) is 0 Å². The molecule has 0 aliphatic carbocycles. The van der Waals surface area contributed by atoms with Gasteiger partial charge in [0.05, 0.1) is 11.0 Å². The SMILES string of the molecule is O=[N+]([O-])c1cc(Br)ccc1NCC1CCCCO1. The van der Waals surface area contributed by atoms with Crippen LogP contribution in [0, 0.1) is 10.1 Å². The lowest BCUT2D eigenvalue weighted by Gasteiger charge is -2.23. The smallest absolute Gasteiger partial charge is 0.293 e. The van der Waals surface area contributed by atoms with Crippen molar-refractivity contribution in [2.24, 2.45) is 0 Å². The second-order valence-electron chi connectivity index (χ2n) is 4.29. The monoisotopic (exact) mass is 314 g/mol. The van der Waals surface area contributed by atoms with E-state index in [4.69, 9.17) is 4.74 Å². The summed E-state index contributed by atoms with van der Waals surface area (Å²) in [7, 11) is 0. The van der Waals surface area contributed by atoms with Crippen LogP contribution in [0.4, 0.5) is 11.4 Å². The van der Waals surface area contributed by atoms with Gasteiger partial charge < -0.3 is 10.1 Å². The number of anilines is 1. The van der Waals surface area contributed by atoms with E-state index in [9.17, 15) is 10.1 Å². The minimum Gasteiger partial charge on any atom is -0.377 e. The quantitative estimate of drug-likeness (QED) is 0.684. The van der Waals surface area contributed by atoms with Crippen molar-refractivity contribution in [2.75, 3.05) is 18.5 Å². The standard InChI is InChI=1S/C12H15BrN2O3/c13-9-4-5-11(12(7-9)15(16)17)14-8-10-3-1-2-6-18-10/h4-5,7,10,14H,1-3,6,8H2. The molecule has 0 saturated carbocycles. The van der Waals surface area contributed by atoms with Crippen LogP contribution in [0.1, 0.15) is 19.3 Å². The highest BCUT2D eigenvalue weighted by atomic mass is 79.9. The molecule has 2 rings (SSSR count). The van der Waals surface area contributed by atoms with E-state index in [1.165, 1.54) is 6.07 Å². The van der Waals surface area contributed by atoms with Gasteiger partial charge in [-0.3, -0.25) is 10.1 Å². The van der Waals surface area contributed by atoms with Crippen molar-refractivity contribution in [1.29, 1.82) is 0 Å². The fourth-order valence-electron chi connectivity index (χ4n) is 2.00.